The Morgan fingerprint density at radius 3 is 2.73 bits per heavy atom. The lowest BCUT2D eigenvalue weighted by Crippen LogP contribution is -2.32. The van der Waals surface area contributed by atoms with Gasteiger partial charge in [-0.1, -0.05) is 12.1 Å². The van der Waals surface area contributed by atoms with E-state index in [4.69, 9.17) is 9.47 Å². The lowest BCUT2D eigenvalue weighted by Gasteiger charge is -2.26. The minimum absolute atomic E-state index is 0.0662. The molecule has 1 N–H and O–H groups in total. The highest BCUT2D eigenvalue weighted by Gasteiger charge is 2.46. The highest BCUT2D eigenvalue weighted by molar-refractivity contribution is 6.46. The number of nitrogens with zero attached hydrogens (tertiary/aromatic N) is 2. The molecule has 2 atom stereocenters. The van der Waals surface area contributed by atoms with Gasteiger partial charge in [0, 0.05) is 18.5 Å². The summed E-state index contributed by atoms with van der Waals surface area (Å²) in [6.45, 7) is 3.16. The van der Waals surface area contributed by atoms with E-state index in [1.807, 2.05) is 56.3 Å². The first kappa shape index (κ1) is 22.9. The number of rotatable bonds is 7. The largest absolute Gasteiger partial charge is 0.507 e. The van der Waals surface area contributed by atoms with Gasteiger partial charge in [-0.2, -0.15) is 0 Å². The molecule has 0 aliphatic carbocycles. The van der Waals surface area contributed by atoms with Crippen LogP contribution in [-0.2, 0) is 16.0 Å². The van der Waals surface area contributed by atoms with Crippen LogP contribution >= 0.6 is 0 Å². The average Bonchev–Trinajstić information content (AvgIpc) is 3.29. The Bertz CT molecular complexity index is 1110. The second kappa shape index (κ2) is 9.27. The molecule has 2 aliphatic heterocycles. The number of ketones is 1. The smallest absolute Gasteiger partial charge is 0.295 e. The summed E-state index contributed by atoms with van der Waals surface area (Å²) in [5, 5.41) is 11.3. The van der Waals surface area contributed by atoms with E-state index < -0.39 is 17.7 Å². The van der Waals surface area contributed by atoms with E-state index in [2.05, 4.69) is 0 Å². The molecule has 2 heterocycles. The Balaban J connectivity index is 1.79. The number of ether oxygens (including phenoxy) is 2. The Morgan fingerprint density at radius 2 is 2.00 bits per heavy atom. The van der Waals surface area contributed by atoms with Crippen molar-refractivity contribution in [2.24, 2.45) is 0 Å². The predicted octanol–water partition coefficient (Wildman–Crippen LogP) is 3.39. The highest BCUT2D eigenvalue weighted by atomic mass is 16.5. The van der Waals surface area contributed by atoms with Gasteiger partial charge in [0.25, 0.3) is 11.7 Å². The van der Waals surface area contributed by atoms with Crippen LogP contribution < -0.4 is 9.47 Å². The summed E-state index contributed by atoms with van der Waals surface area (Å²) in [6.07, 6.45) is 1.50. The van der Waals surface area contributed by atoms with Crippen molar-refractivity contribution in [2.75, 3.05) is 34.3 Å². The molecule has 1 saturated heterocycles. The number of aliphatic hydroxyl groups is 1. The van der Waals surface area contributed by atoms with Crippen LogP contribution in [0.1, 0.15) is 36.1 Å². The van der Waals surface area contributed by atoms with E-state index in [9.17, 15) is 14.7 Å². The van der Waals surface area contributed by atoms with Crippen LogP contribution in [0.3, 0.4) is 0 Å². The second-order valence-corrected chi connectivity index (χ2v) is 8.88. The van der Waals surface area contributed by atoms with E-state index in [-0.39, 0.29) is 17.4 Å². The van der Waals surface area contributed by atoms with Crippen LogP contribution in [0.15, 0.2) is 48.0 Å². The fourth-order valence-electron chi connectivity index (χ4n) is 4.55. The molecule has 0 bridgehead atoms. The third-order valence-corrected chi connectivity index (χ3v) is 6.12. The fourth-order valence-corrected chi connectivity index (χ4v) is 4.55. The van der Waals surface area contributed by atoms with E-state index >= 15 is 0 Å². The van der Waals surface area contributed by atoms with E-state index in [0.29, 0.717) is 24.3 Å². The zero-order chi connectivity index (χ0) is 23.7. The molecule has 0 spiro atoms. The van der Waals surface area contributed by atoms with Crippen LogP contribution in [0.2, 0.25) is 0 Å². The van der Waals surface area contributed by atoms with Gasteiger partial charge in [-0.25, -0.2) is 0 Å². The first-order valence-corrected chi connectivity index (χ1v) is 11.2. The van der Waals surface area contributed by atoms with Gasteiger partial charge in [0.2, 0.25) is 0 Å². The van der Waals surface area contributed by atoms with Gasteiger partial charge in [0.15, 0.2) is 0 Å². The van der Waals surface area contributed by atoms with Crippen molar-refractivity contribution in [1.82, 2.24) is 9.80 Å². The van der Waals surface area contributed by atoms with Crippen molar-refractivity contribution >= 4 is 17.4 Å². The normalized spacial score (nSPS) is 21.4. The number of aliphatic hydroxyl groups excluding tert-OH is 1. The third kappa shape index (κ3) is 4.46. The van der Waals surface area contributed by atoms with Crippen molar-refractivity contribution < 1.29 is 24.2 Å². The van der Waals surface area contributed by atoms with Gasteiger partial charge in [0.1, 0.15) is 23.4 Å². The number of carbonyl (C=O) groups excluding carboxylic acids is 2. The maximum Gasteiger partial charge on any atom is 0.295 e. The average molecular weight is 451 g/mol. The fraction of sp³-hybridized carbons (Fsp3) is 0.385. The first-order valence-electron chi connectivity index (χ1n) is 11.2. The molecule has 0 radical (unpaired) electrons. The summed E-state index contributed by atoms with van der Waals surface area (Å²) in [4.78, 5) is 29.8. The summed E-state index contributed by atoms with van der Waals surface area (Å²) < 4.78 is 11.1. The Hall–Kier alpha value is -3.32. The third-order valence-electron chi connectivity index (χ3n) is 6.12. The molecule has 4 rings (SSSR count). The highest BCUT2D eigenvalue weighted by Crippen LogP contribution is 2.41. The van der Waals surface area contributed by atoms with Crippen LogP contribution in [0.5, 0.6) is 11.5 Å². The Labute approximate surface area is 194 Å². The number of fused-ring (bicyclic) bond motifs is 1. The Kier molecular flexibility index (Phi) is 6.42. The molecule has 7 nitrogen and oxygen atoms in total. The topological polar surface area (TPSA) is 79.3 Å². The summed E-state index contributed by atoms with van der Waals surface area (Å²) >= 11 is 0. The van der Waals surface area contributed by atoms with E-state index in [0.717, 1.165) is 29.8 Å². The van der Waals surface area contributed by atoms with Crippen molar-refractivity contribution in [1.29, 1.82) is 0 Å². The molecule has 7 heteroatoms. The minimum Gasteiger partial charge on any atom is -0.507 e. The number of hydrogen-bond donors (Lipinski definition) is 1. The van der Waals surface area contributed by atoms with Gasteiger partial charge in [-0.15, -0.1) is 0 Å². The molecule has 2 aromatic rings. The lowest BCUT2D eigenvalue weighted by atomic mass is 9.94. The number of benzene rings is 2. The maximum atomic E-state index is 13.2. The number of Topliss-reactive ketones (excluding diaryl/α,β-unsaturated/α-hetero) is 1. The molecule has 1 amide bonds. The predicted molar refractivity (Wildman–Crippen MR) is 125 cm³/mol. The number of methoxy groups -OCH3 is 1. The van der Waals surface area contributed by atoms with Gasteiger partial charge < -0.3 is 24.4 Å². The molecule has 0 aromatic heterocycles. The zero-order valence-electron chi connectivity index (χ0n) is 19.5. The molecule has 0 saturated carbocycles. The first-order chi connectivity index (χ1) is 15.8. The maximum absolute atomic E-state index is 13.2. The molecule has 1 fully saturated rings. The quantitative estimate of drug-likeness (QED) is 0.396. The summed E-state index contributed by atoms with van der Waals surface area (Å²) in [6, 6.07) is 12.0. The van der Waals surface area contributed by atoms with Crippen molar-refractivity contribution in [2.45, 2.75) is 31.9 Å². The lowest BCUT2D eigenvalue weighted by molar-refractivity contribution is -0.139. The second-order valence-electron chi connectivity index (χ2n) is 8.88. The molecule has 174 valence electrons. The SMILES string of the molecule is COc1cccc(C2/C(=C(\O)c3ccc4c(c3)CC(C)O4)C(=O)C(=O)N2CCCN(C)C)c1. The molecule has 2 aromatic carbocycles. The standard InChI is InChI=1S/C26H30N2O5/c1-16-13-19-14-18(9-10-21(19)33-16)24(29)22-23(17-7-5-8-20(15-17)32-4)28(26(31)25(22)30)12-6-11-27(2)3/h5,7-10,14-16,23,29H,6,11-13H2,1-4H3/b24-22+. The molecule has 33 heavy (non-hydrogen) atoms. The number of carbonyl (C=O) groups is 2. The molecule has 2 aliphatic rings. The van der Waals surface area contributed by atoms with Crippen LogP contribution in [0, 0.1) is 0 Å². The summed E-state index contributed by atoms with van der Waals surface area (Å²) in [7, 11) is 5.50. The van der Waals surface area contributed by atoms with Gasteiger partial charge in [0.05, 0.1) is 18.7 Å². The van der Waals surface area contributed by atoms with Crippen molar-refractivity contribution in [3.05, 3.63) is 64.7 Å². The van der Waals surface area contributed by atoms with Gasteiger partial charge in [-0.3, -0.25) is 9.59 Å². The van der Waals surface area contributed by atoms with Crippen molar-refractivity contribution in [3.63, 3.8) is 0 Å². The van der Waals surface area contributed by atoms with E-state index in [1.165, 1.54) is 0 Å². The van der Waals surface area contributed by atoms with Crippen LogP contribution in [0.4, 0.5) is 0 Å². The molecule has 2 unspecified atom stereocenters. The number of hydrogen-bond acceptors (Lipinski definition) is 6. The van der Waals surface area contributed by atoms with Gasteiger partial charge >= 0.3 is 0 Å². The zero-order valence-corrected chi connectivity index (χ0v) is 19.5. The van der Waals surface area contributed by atoms with E-state index in [1.54, 1.807) is 24.1 Å². The van der Waals surface area contributed by atoms with Crippen LogP contribution in [0.25, 0.3) is 5.76 Å². The van der Waals surface area contributed by atoms with Gasteiger partial charge in [-0.05, 0) is 75.4 Å². The monoisotopic (exact) mass is 450 g/mol. The van der Waals surface area contributed by atoms with Crippen LogP contribution in [-0.4, -0.2) is 67.0 Å². The minimum atomic E-state index is -0.689. The summed E-state index contributed by atoms with van der Waals surface area (Å²) in [5.41, 5.74) is 2.30. The Morgan fingerprint density at radius 1 is 1.21 bits per heavy atom. The summed E-state index contributed by atoms with van der Waals surface area (Å²) in [5.74, 6) is -0.0299. The molecular weight excluding hydrogens is 420 g/mol. The van der Waals surface area contributed by atoms with Crippen molar-refractivity contribution in [3.8, 4) is 11.5 Å². The number of likely N-dealkylation sites (tertiary alicyclic amines) is 1. The number of amides is 1. The molecular formula is C26H30N2O5.